The molecule has 1 saturated heterocycles. The van der Waals surface area contributed by atoms with Gasteiger partial charge in [-0.2, -0.15) is 0 Å². The third-order valence-electron chi connectivity index (χ3n) is 4.27. The van der Waals surface area contributed by atoms with Gasteiger partial charge in [0.2, 0.25) is 5.91 Å². The van der Waals surface area contributed by atoms with E-state index in [1.54, 1.807) is 0 Å². The number of para-hydroxylation sites is 2. The summed E-state index contributed by atoms with van der Waals surface area (Å²) in [5.41, 5.74) is 4.42. The number of rotatable bonds is 6. The van der Waals surface area contributed by atoms with Gasteiger partial charge in [0.1, 0.15) is 0 Å². The van der Waals surface area contributed by atoms with Gasteiger partial charge in [0.25, 0.3) is 0 Å². The van der Waals surface area contributed by atoms with Gasteiger partial charge in [0, 0.05) is 19.6 Å². The number of aryl methyl sites for hydroxylation is 1. The summed E-state index contributed by atoms with van der Waals surface area (Å²) >= 11 is 0. The first kappa shape index (κ1) is 17.3. The summed E-state index contributed by atoms with van der Waals surface area (Å²) in [5.74, 6) is -0.0155. The molecule has 0 aromatic heterocycles. The number of amides is 1. The van der Waals surface area contributed by atoms with Gasteiger partial charge in [-0.1, -0.05) is 42.0 Å². The molecule has 132 valence electrons. The Bertz CT molecular complexity index is 712. The molecule has 2 aromatic carbocycles. The van der Waals surface area contributed by atoms with Crippen LogP contribution in [0.25, 0.3) is 0 Å². The zero-order valence-electron chi connectivity index (χ0n) is 14.6. The van der Waals surface area contributed by atoms with Crippen molar-refractivity contribution in [2.45, 2.75) is 13.5 Å². The molecule has 5 nitrogen and oxygen atoms in total. The molecule has 1 heterocycles. The van der Waals surface area contributed by atoms with Crippen LogP contribution in [0.5, 0.6) is 0 Å². The normalized spacial score (nSPS) is 14.2. The number of ether oxygens (including phenoxy) is 1. The maximum atomic E-state index is 12.2. The lowest BCUT2D eigenvalue weighted by Gasteiger charge is -2.30. The summed E-state index contributed by atoms with van der Waals surface area (Å²) < 4.78 is 5.42. The Balaban J connectivity index is 1.53. The van der Waals surface area contributed by atoms with Crippen LogP contribution in [0.3, 0.4) is 0 Å². The fraction of sp³-hybridized carbons (Fsp3) is 0.350. The van der Waals surface area contributed by atoms with Gasteiger partial charge in [-0.25, -0.2) is 0 Å². The molecule has 5 heteroatoms. The van der Waals surface area contributed by atoms with Crippen molar-refractivity contribution in [1.29, 1.82) is 0 Å². The number of anilines is 2. The lowest BCUT2D eigenvalue weighted by molar-refractivity contribution is -0.119. The average molecular weight is 339 g/mol. The molecule has 1 amide bonds. The van der Waals surface area contributed by atoms with E-state index in [0.717, 1.165) is 43.2 Å². The van der Waals surface area contributed by atoms with Crippen molar-refractivity contribution in [3.05, 3.63) is 59.7 Å². The minimum Gasteiger partial charge on any atom is -0.378 e. The maximum absolute atomic E-state index is 12.2. The SMILES string of the molecule is Cc1cccc(CNC(=O)CNc2ccccc2N2CCOCC2)c1. The second kappa shape index (κ2) is 8.53. The van der Waals surface area contributed by atoms with E-state index in [1.807, 2.05) is 30.3 Å². The number of benzene rings is 2. The third-order valence-corrected chi connectivity index (χ3v) is 4.27. The lowest BCUT2D eigenvalue weighted by atomic mass is 10.1. The molecule has 0 unspecified atom stereocenters. The van der Waals surface area contributed by atoms with E-state index in [1.165, 1.54) is 5.56 Å². The van der Waals surface area contributed by atoms with Crippen LogP contribution in [-0.2, 0) is 16.1 Å². The summed E-state index contributed by atoms with van der Waals surface area (Å²) in [6.45, 7) is 6.09. The van der Waals surface area contributed by atoms with Crippen molar-refractivity contribution in [2.75, 3.05) is 43.1 Å². The van der Waals surface area contributed by atoms with Crippen LogP contribution in [0.2, 0.25) is 0 Å². The Morgan fingerprint density at radius 3 is 2.72 bits per heavy atom. The van der Waals surface area contributed by atoms with Crippen LogP contribution in [0.4, 0.5) is 11.4 Å². The first-order valence-electron chi connectivity index (χ1n) is 8.70. The number of morpholine rings is 1. The molecule has 0 spiro atoms. The maximum Gasteiger partial charge on any atom is 0.239 e. The molecule has 0 aliphatic carbocycles. The van der Waals surface area contributed by atoms with Crippen molar-refractivity contribution in [2.24, 2.45) is 0 Å². The lowest BCUT2D eigenvalue weighted by Crippen LogP contribution is -2.37. The predicted molar refractivity (Wildman–Crippen MR) is 101 cm³/mol. The van der Waals surface area contributed by atoms with E-state index in [9.17, 15) is 4.79 Å². The minimum absolute atomic E-state index is 0.0155. The third kappa shape index (κ3) is 4.97. The molecule has 1 aliphatic rings. The summed E-state index contributed by atoms with van der Waals surface area (Å²) in [6, 6.07) is 16.3. The van der Waals surface area contributed by atoms with Crippen LogP contribution in [-0.4, -0.2) is 38.8 Å². The fourth-order valence-corrected chi connectivity index (χ4v) is 2.96. The van der Waals surface area contributed by atoms with Crippen molar-refractivity contribution in [3.8, 4) is 0 Å². The van der Waals surface area contributed by atoms with E-state index in [2.05, 4.69) is 40.7 Å². The Kier molecular flexibility index (Phi) is 5.90. The highest BCUT2D eigenvalue weighted by atomic mass is 16.5. The summed E-state index contributed by atoms with van der Waals surface area (Å²) in [5, 5.41) is 6.22. The molecular formula is C20H25N3O2. The predicted octanol–water partition coefficient (Wildman–Crippen LogP) is 2.56. The van der Waals surface area contributed by atoms with E-state index >= 15 is 0 Å². The number of hydrogen-bond acceptors (Lipinski definition) is 4. The van der Waals surface area contributed by atoms with Crippen LogP contribution < -0.4 is 15.5 Å². The number of carbonyl (C=O) groups excluding carboxylic acids is 1. The monoisotopic (exact) mass is 339 g/mol. The zero-order valence-corrected chi connectivity index (χ0v) is 14.6. The quantitative estimate of drug-likeness (QED) is 0.849. The Morgan fingerprint density at radius 1 is 1.12 bits per heavy atom. The summed E-state index contributed by atoms with van der Waals surface area (Å²) in [7, 11) is 0. The molecule has 3 rings (SSSR count). The van der Waals surface area contributed by atoms with Crippen molar-refractivity contribution >= 4 is 17.3 Å². The first-order chi connectivity index (χ1) is 12.2. The van der Waals surface area contributed by atoms with E-state index in [4.69, 9.17) is 4.74 Å². The van der Waals surface area contributed by atoms with Crippen LogP contribution in [0.1, 0.15) is 11.1 Å². The second-order valence-corrected chi connectivity index (χ2v) is 6.24. The Labute approximate surface area is 149 Å². The van der Waals surface area contributed by atoms with Gasteiger partial charge in [-0.3, -0.25) is 4.79 Å². The molecule has 1 fully saturated rings. The zero-order chi connectivity index (χ0) is 17.5. The standard InChI is InChI=1S/C20H25N3O2/c1-16-5-4-6-17(13-16)14-22-20(24)15-21-18-7-2-3-8-19(18)23-9-11-25-12-10-23/h2-8,13,21H,9-12,14-15H2,1H3,(H,22,24). The van der Waals surface area contributed by atoms with Crippen LogP contribution in [0, 0.1) is 6.92 Å². The Hall–Kier alpha value is -2.53. The fourth-order valence-electron chi connectivity index (χ4n) is 2.96. The van der Waals surface area contributed by atoms with Crippen LogP contribution in [0.15, 0.2) is 48.5 Å². The van der Waals surface area contributed by atoms with Crippen molar-refractivity contribution < 1.29 is 9.53 Å². The summed E-state index contributed by atoms with van der Waals surface area (Å²) in [4.78, 5) is 14.4. The summed E-state index contributed by atoms with van der Waals surface area (Å²) in [6.07, 6.45) is 0. The number of nitrogens with zero attached hydrogens (tertiary/aromatic N) is 1. The van der Waals surface area contributed by atoms with Crippen molar-refractivity contribution in [1.82, 2.24) is 5.32 Å². The van der Waals surface area contributed by atoms with Gasteiger partial charge in [0.05, 0.1) is 31.1 Å². The highest BCUT2D eigenvalue weighted by Crippen LogP contribution is 2.26. The topological polar surface area (TPSA) is 53.6 Å². The molecule has 2 N–H and O–H groups in total. The molecule has 0 atom stereocenters. The van der Waals surface area contributed by atoms with Crippen molar-refractivity contribution in [3.63, 3.8) is 0 Å². The Morgan fingerprint density at radius 2 is 1.92 bits per heavy atom. The van der Waals surface area contributed by atoms with Gasteiger partial charge >= 0.3 is 0 Å². The highest BCUT2D eigenvalue weighted by molar-refractivity contribution is 5.82. The first-order valence-corrected chi connectivity index (χ1v) is 8.70. The molecule has 0 bridgehead atoms. The van der Waals surface area contributed by atoms with E-state index in [-0.39, 0.29) is 12.5 Å². The number of carbonyl (C=O) groups is 1. The van der Waals surface area contributed by atoms with Crippen LogP contribution >= 0.6 is 0 Å². The molecular weight excluding hydrogens is 314 g/mol. The van der Waals surface area contributed by atoms with Gasteiger partial charge in [-0.05, 0) is 24.6 Å². The molecule has 0 saturated carbocycles. The molecule has 25 heavy (non-hydrogen) atoms. The van der Waals surface area contributed by atoms with E-state index in [0.29, 0.717) is 6.54 Å². The largest absolute Gasteiger partial charge is 0.378 e. The van der Waals surface area contributed by atoms with Gasteiger partial charge < -0.3 is 20.3 Å². The van der Waals surface area contributed by atoms with Gasteiger partial charge in [-0.15, -0.1) is 0 Å². The minimum atomic E-state index is -0.0155. The molecule has 1 aliphatic heterocycles. The van der Waals surface area contributed by atoms with Gasteiger partial charge in [0.15, 0.2) is 0 Å². The highest BCUT2D eigenvalue weighted by Gasteiger charge is 2.14. The second-order valence-electron chi connectivity index (χ2n) is 6.24. The number of nitrogens with one attached hydrogen (secondary N) is 2. The smallest absolute Gasteiger partial charge is 0.239 e. The average Bonchev–Trinajstić information content (AvgIpc) is 2.66. The van der Waals surface area contributed by atoms with E-state index < -0.39 is 0 Å². The molecule has 0 radical (unpaired) electrons. The number of hydrogen-bond donors (Lipinski definition) is 2. The molecule has 2 aromatic rings.